The number of ether oxygens (including phenoxy) is 2. The van der Waals surface area contributed by atoms with Gasteiger partial charge in [0.25, 0.3) is 0 Å². The molecule has 7 aromatic rings. The molecule has 0 radical (unpaired) electrons. The van der Waals surface area contributed by atoms with E-state index in [1.807, 2.05) is 97.9 Å². The van der Waals surface area contributed by atoms with Crippen molar-refractivity contribution in [2.24, 2.45) is 5.92 Å². The standard InChI is InChI=1S/C55H57N3O6S/c1-37-17-29-50(30-18-37)65(61,62)57-51(32-40-11-6-5-7-12-40)54(60)56-34-42-13-10-16-48(31-42)44-23-26-46(27-24-44)55-63-52(38(2)53(64-55)45-21-19-41(36-59)20-22-45)35-58(4)39(3)47-28-25-43-14-8-9-15-49(43)33-47/h5-31,33,38-39,51-53,55,57,59H,32,34-36H2,1-4H3,(H,56,60)/t38-,39+,51+,52+,53+,55+/m0/s1. The number of carbonyl (C=O) groups excluding carboxylic acids is 1. The molecule has 0 bridgehead atoms. The molecule has 9 nitrogen and oxygen atoms in total. The minimum atomic E-state index is -3.97. The average Bonchev–Trinajstić information content (AvgIpc) is 3.33. The number of nitrogens with one attached hydrogen (secondary N) is 2. The molecule has 1 aliphatic heterocycles. The highest BCUT2D eigenvalue weighted by Crippen LogP contribution is 2.42. The summed E-state index contributed by atoms with van der Waals surface area (Å²) in [4.78, 5) is 16.2. The zero-order chi connectivity index (χ0) is 45.5. The number of sulfonamides is 1. The summed E-state index contributed by atoms with van der Waals surface area (Å²) in [5, 5.41) is 15.2. The zero-order valence-corrected chi connectivity index (χ0v) is 38.1. The van der Waals surface area contributed by atoms with Gasteiger partial charge in [-0.3, -0.25) is 9.69 Å². The lowest BCUT2D eigenvalue weighted by Gasteiger charge is -2.43. The summed E-state index contributed by atoms with van der Waals surface area (Å²) in [5.74, 6) is -0.390. The van der Waals surface area contributed by atoms with Crippen LogP contribution in [0.5, 0.6) is 0 Å². The molecule has 0 saturated carbocycles. The van der Waals surface area contributed by atoms with Crippen molar-refractivity contribution < 1.29 is 27.8 Å². The first-order valence-corrected chi connectivity index (χ1v) is 23.7. The van der Waals surface area contributed by atoms with Gasteiger partial charge in [0, 0.05) is 30.6 Å². The molecule has 1 amide bonds. The van der Waals surface area contributed by atoms with Crippen molar-refractivity contribution in [1.29, 1.82) is 0 Å². The van der Waals surface area contributed by atoms with E-state index in [0.717, 1.165) is 44.5 Å². The Hall–Kier alpha value is -5.98. The van der Waals surface area contributed by atoms with E-state index in [4.69, 9.17) is 9.47 Å². The van der Waals surface area contributed by atoms with E-state index < -0.39 is 28.3 Å². The van der Waals surface area contributed by atoms with E-state index in [1.165, 1.54) is 16.3 Å². The Labute approximate surface area is 383 Å². The number of carbonyl (C=O) groups is 1. The number of amides is 1. The van der Waals surface area contributed by atoms with Crippen LogP contribution in [0.2, 0.25) is 0 Å². The summed E-state index contributed by atoms with van der Waals surface area (Å²) < 4.78 is 43.1. The van der Waals surface area contributed by atoms with Crippen molar-refractivity contribution in [1.82, 2.24) is 14.9 Å². The largest absolute Gasteiger partial charge is 0.392 e. The van der Waals surface area contributed by atoms with Crippen LogP contribution in [0.15, 0.2) is 175 Å². The number of fused-ring (bicyclic) bond motifs is 1. The molecule has 10 heteroatoms. The fourth-order valence-corrected chi connectivity index (χ4v) is 9.70. The fraction of sp³-hybridized carbons (Fsp3) is 0.255. The van der Waals surface area contributed by atoms with Gasteiger partial charge in [0.2, 0.25) is 15.9 Å². The smallest absolute Gasteiger partial charge is 0.241 e. The van der Waals surface area contributed by atoms with Crippen LogP contribution in [0.25, 0.3) is 21.9 Å². The van der Waals surface area contributed by atoms with Gasteiger partial charge in [0.15, 0.2) is 6.29 Å². The maximum atomic E-state index is 13.7. The molecule has 3 N–H and O–H groups in total. The second-order valence-corrected chi connectivity index (χ2v) is 19.0. The average molecular weight is 888 g/mol. The Balaban J connectivity index is 0.969. The first-order chi connectivity index (χ1) is 31.4. The first kappa shape index (κ1) is 45.6. The zero-order valence-electron chi connectivity index (χ0n) is 37.3. The second-order valence-electron chi connectivity index (χ2n) is 17.3. The Bertz CT molecular complexity index is 2800. The summed E-state index contributed by atoms with van der Waals surface area (Å²) in [7, 11) is -1.82. The third-order valence-electron chi connectivity index (χ3n) is 12.6. The van der Waals surface area contributed by atoms with Crippen molar-refractivity contribution in [2.45, 2.75) is 75.8 Å². The molecular formula is C55H57N3O6S. The van der Waals surface area contributed by atoms with Gasteiger partial charge in [-0.2, -0.15) is 4.72 Å². The minimum Gasteiger partial charge on any atom is -0.392 e. The molecule has 1 heterocycles. The van der Waals surface area contributed by atoms with E-state index >= 15 is 0 Å². The highest BCUT2D eigenvalue weighted by atomic mass is 32.2. The van der Waals surface area contributed by atoms with Crippen LogP contribution in [0.4, 0.5) is 0 Å². The molecule has 65 heavy (non-hydrogen) atoms. The lowest BCUT2D eigenvalue weighted by Crippen LogP contribution is -2.47. The number of hydrogen-bond acceptors (Lipinski definition) is 7. The van der Waals surface area contributed by atoms with Crippen LogP contribution in [0, 0.1) is 12.8 Å². The predicted octanol–water partition coefficient (Wildman–Crippen LogP) is 10.00. The molecule has 0 spiro atoms. The van der Waals surface area contributed by atoms with Gasteiger partial charge < -0.3 is 19.9 Å². The third kappa shape index (κ3) is 11.1. The quantitative estimate of drug-likeness (QED) is 0.0885. The number of hydrogen-bond donors (Lipinski definition) is 3. The van der Waals surface area contributed by atoms with Crippen LogP contribution < -0.4 is 10.0 Å². The van der Waals surface area contributed by atoms with Gasteiger partial charge in [-0.1, -0.05) is 158 Å². The SMILES string of the molecule is Cc1ccc(S(=O)(=O)N[C@H](Cc2ccccc2)C(=O)NCc2cccc(-c3ccc([C@@H]4O[C@H](CN(C)[C@H](C)c5ccc6ccccc6c5)[C@H](C)[C@H](c5ccc(CO)cc5)O4)cc3)c2)cc1. The van der Waals surface area contributed by atoms with Crippen molar-refractivity contribution >= 4 is 26.7 Å². The number of benzene rings is 7. The van der Waals surface area contributed by atoms with Crippen LogP contribution >= 0.6 is 0 Å². The normalized spacial score (nSPS) is 18.6. The molecule has 334 valence electrons. The second kappa shape index (κ2) is 20.5. The van der Waals surface area contributed by atoms with Crippen LogP contribution in [0.3, 0.4) is 0 Å². The maximum absolute atomic E-state index is 13.7. The van der Waals surface area contributed by atoms with Gasteiger partial charge in [0.05, 0.1) is 23.7 Å². The number of nitrogens with zero attached hydrogens (tertiary/aromatic N) is 1. The van der Waals surface area contributed by atoms with Crippen LogP contribution in [-0.2, 0) is 43.9 Å². The highest BCUT2D eigenvalue weighted by Gasteiger charge is 2.39. The number of rotatable bonds is 16. The molecule has 0 aliphatic carbocycles. The Morgan fingerprint density at radius 3 is 2.11 bits per heavy atom. The minimum absolute atomic E-state index is 0.0226. The predicted molar refractivity (Wildman–Crippen MR) is 257 cm³/mol. The van der Waals surface area contributed by atoms with Crippen LogP contribution in [-0.4, -0.2) is 50.1 Å². The first-order valence-electron chi connectivity index (χ1n) is 22.2. The lowest BCUT2D eigenvalue weighted by molar-refractivity contribution is -0.276. The van der Waals surface area contributed by atoms with Crippen molar-refractivity contribution in [3.63, 3.8) is 0 Å². The molecule has 6 atom stereocenters. The van der Waals surface area contributed by atoms with E-state index in [1.54, 1.807) is 24.3 Å². The summed E-state index contributed by atoms with van der Waals surface area (Å²) >= 11 is 0. The van der Waals surface area contributed by atoms with Gasteiger partial charge >= 0.3 is 0 Å². The Morgan fingerprint density at radius 2 is 1.38 bits per heavy atom. The Morgan fingerprint density at radius 1 is 0.708 bits per heavy atom. The van der Waals surface area contributed by atoms with Crippen molar-refractivity contribution in [2.75, 3.05) is 13.6 Å². The number of likely N-dealkylation sites (N-methyl/N-ethyl adjacent to an activating group) is 1. The van der Waals surface area contributed by atoms with Crippen molar-refractivity contribution in [3.8, 4) is 11.1 Å². The molecule has 7 aromatic carbocycles. The van der Waals surface area contributed by atoms with Crippen LogP contribution in [0.1, 0.15) is 71.2 Å². The fourth-order valence-electron chi connectivity index (χ4n) is 8.51. The molecule has 8 rings (SSSR count). The molecular weight excluding hydrogens is 831 g/mol. The maximum Gasteiger partial charge on any atom is 0.241 e. The molecule has 1 saturated heterocycles. The number of aliphatic hydroxyl groups excluding tert-OH is 1. The van der Waals surface area contributed by atoms with Crippen molar-refractivity contribution in [3.05, 3.63) is 209 Å². The molecule has 0 aromatic heterocycles. The van der Waals surface area contributed by atoms with E-state index in [0.29, 0.717) is 6.54 Å². The lowest BCUT2D eigenvalue weighted by atomic mass is 9.89. The summed E-state index contributed by atoms with van der Waals surface area (Å²) in [6.45, 7) is 7.19. The van der Waals surface area contributed by atoms with E-state index in [-0.39, 0.29) is 48.6 Å². The molecule has 1 fully saturated rings. The highest BCUT2D eigenvalue weighted by molar-refractivity contribution is 7.89. The summed E-state index contributed by atoms with van der Waals surface area (Å²) in [6.07, 6.45) is -0.824. The molecule has 0 unspecified atom stereocenters. The van der Waals surface area contributed by atoms with E-state index in [9.17, 15) is 18.3 Å². The van der Waals surface area contributed by atoms with E-state index in [2.05, 4.69) is 90.4 Å². The summed E-state index contributed by atoms with van der Waals surface area (Å²) in [6, 6.07) is 54.3. The monoisotopic (exact) mass is 887 g/mol. The number of aliphatic hydroxyl groups is 1. The topological polar surface area (TPSA) is 117 Å². The van der Waals surface area contributed by atoms with Gasteiger partial charge in [-0.15, -0.1) is 0 Å². The molecule has 1 aliphatic rings. The van der Waals surface area contributed by atoms with Gasteiger partial charge in [-0.25, -0.2) is 8.42 Å². The Kier molecular flexibility index (Phi) is 14.3. The van der Waals surface area contributed by atoms with Gasteiger partial charge in [0.1, 0.15) is 6.04 Å². The summed E-state index contributed by atoms with van der Waals surface area (Å²) in [5.41, 5.74) is 8.62. The van der Waals surface area contributed by atoms with Gasteiger partial charge in [-0.05, 0) is 101 Å². The third-order valence-corrected chi connectivity index (χ3v) is 14.1. The number of aryl methyl sites for hydroxylation is 1.